The van der Waals surface area contributed by atoms with Gasteiger partial charge in [0.1, 0.15) is 0 Å². The van der Waals surface area contributed by atoms with E-state index in [0.29, 0.717) is 19.5 Å². The molecule has 1 aromatic rings. The van der Waals surface area contributed by atoms with E-state index in [1.54, 1.807) is 23.2 Å². The van der Waals surface area contributed by atoms with Gasteiger partial charge in [0.25, 0.3) is 0 Å². The van der Waals surface area contributed by atoms with Crippen molar-refractivity contribution >= 4 is 39.3 Å². The quantitative estimate of drug-likeness (QED) is 0.883. The van der Waals surface area contributed by atoms with Gasteiger partial charge in [-0.15, -0.1) is 11.3 Å². The number of carboxylic acids is 1. The summed E-state index contributed by atoms with van der Waals surface area (Å²) in [5.41, 5.74) is -0.819. The van der Waals surface area contributed by atoms with Crippen LogP contribution in [0.25, 0.3) is 0 Å². The molecule has 1 atom stereocenters. The van der Waals surface area contributed by atoms with Gasteiger partial charge in [0.05, 0.1) is 12.0 Å². The molecule has 1 aliphatic rings. The van der Waals surface area contributed by atoms with Crippen LogP contribution in [0.2, 0.25) is 0 Å². The molecule has 5 nitrogen and oxygen atoms in total. The number of aliphatic carboxylic acids is 1. The summed E-state index contributed by atoms with van der Waals surface area (Å²) in [6.45, 7) is 2.88. The fraction of sp³-hybridized carbons (Fsp3) is 0.500. The number of carboxylic acid groups (broad SMARTS) is 1. The number of urea groups is 1. The first-order chi connectivity index (χ1) is 8.92. The molecule has 0 spiro atoms. The Hall–Kier alpha value is -1.08. The molecule has 104 valence electrons. The molecule has 1 unspecified atom stereocenters. The second-order valence-electron chi connectivity index (χ2n) is 4.89. The smallest absolute Gasteiger partial charge is 0.317 e. The van der Waals surface area contributed by atoms with E-state index >= 15 is 0 Å². The van der Waals surface area contributed by atoms with Crippen molar-refractivity contribution in [2.24, 2.45) is 5.41 Å². The number of carbonyl (C=O) groups is 2. The van der Waals surface area contributed by atoms with Crippen molar-refractivity contribution in [1.29, 1.82) is 0 Å². The minimum Gasteiger partial charge on any atom is -0.481 e. The average molecular weight is 347 g/mol. The fourth-order valence-corrected chi connectivity index (χ4v) is 3.46. The summed E-state index contributed by atoms with van der Waals surface area (Å²) in [5, 5.41) is 13.9. The van der Waals surface area contributed by atoms with Crippen LogP contribution < -0.4 is 5.32 Å². The number of carbonyl (C=O) groups excluding carboxylic acids is 1. The third-order valence-electron chi connectivity index (χ3n) is 3.37. The molecule has 1 aliphatic heterocycles. The standard InChI is InChI=1S/C12H15BrN2O3S/c1-12(10(16)17)3-4-15(7-12)11(18)14-6-9-8(13)2-5-19-9/h2,5H,3-4,6-7H2,1H3,(H,14,18)(H,16,17). The SMILES string of the molecule is CC1(C(=O)O)CCN(C(=O)NCc2sccc2Br)C1. The van der Waals surface area contributed by atoms with Gasteiger partial charge in [-0.25, -0.2) is 4.79 Å². The lowest BCUT2D eigenvalue weighted by molar-refractivity contribution is -0.146. The molecule has 0 aromatic carbocycles. The van der Waals surface area contributed by atoms with E-state index in [2.05, 4.69) is 21.2 Å². The molecule has 2 heterocycles. The summed E-state index contributed by atoms with van der Waals surface area (Å²) >= 11 is 4.97. The van der Waals surface area contributed by atoms with Gasteiger partial charge < -0.3 is 15.3 Å². The molecule has 1 fully saturated rings. The predicted molar refractivity (Wildman–Crippen MR) is 76.2 cm³/mol. The van der Waals surface area contributed by atoms with Gasteiger partial charge in [0.2, 0.25) is 0 Å². The van der Waals surface area contributed by atoms with Crippen molar-refractivity contribution in [2.45, 2.75) is 19.9 Å². The van der Waals surface area contributed by atoms with Crippen molar-refractivity contribution in [1.82, 2.24) is 10.2 Å². The summed E-state index contributed by atoms with van der Waals surface area (Å²) in [7, 11) is 0. The van der Waals surface area contributed by atoms with Gasteiger partial charge in [0, 0.05) is 22.4 Å². The number of hydrogen-bond donors (Lipinski definition) is 2. The first-order valence-corrected chi connectivity index (χ1v) is 7.58. The highest BCUT2D eigenvalue weighted by Crippen LogP contribution is 2.30. The van der Waals surface area contributed by atoms with Gasteiger partial charge in [-0.1, -0.05) is 0 Å². The van der Waals surface area contributed by atoms with E-state index in [9.17, 15) is 9.59 Å². The van der Waals surface area contributed by atoms with Crippen molar-refractivity contribution in [3.8, 4) is 0 Å². The Morgan fingerprint density at radius 1 is 1.63 bits per heavy atom. The predicted octanol–water partition coefficient (Wildman–Crippen LogP) is 2.52. The van der Waals surface area contributed by atoms with Gasteiger partial charge in [0.15, 0.2) is 0 Å². The Kier molecular flexibility index (Phi) is 4.15. The number of thiophene rings is 1. The molecule has 2 N–H and O–H groups in total. The van der Waals surface area contributed by atoms with Gasteiger partial charge in [-0.05, 0) is 40.7 Å². The Labute approximate surface area is 123 Å². The summed E-state index contributed by atoms with van der Waals surface area (Å²) < 4.78 is 0.981. The summed E-state index contributed by atoms with van der Waals surface area (Å²) in [5.74, 6) is -0.844. The molecule has 0 saturated carbocycles. The number of amides is 2. The highest BCUT2D eigenvalue weighted by molar-refractivity contribution is 9.10. The summed E-state index contributed by atoms with van der Waals surface area (Å²) in [6.07, 6.45) is 0.498. The van der Waals surface area contributed by atoms with Crippen molar-refractivity contribution in [3.63, 3.8) is 0 Å². The zero-order valence-corrected chi connectivity index (χ0v) is 12.9. The molecular weight excluding hydrogens is 332 g/mol. The van der Waals surface area contributed by atoms with E-state index < -0.39 is 11.4 Å². The van der Waals surface area contributed by atoms with Crippen LogP contribution in [0.15, 0.2) is 15.9 Å². The van der Waals surface area contributed by atoms with Crippen LogP contribution in [0.1, 0.15) is 18.2 Å². The molecule has 0 radical (unpaired) electrons. The topological polar surface area (TPSA) is 69.6 Å². The minimum atomic E-state index is -0.844. The molecule has 1 saturated heterocycles. The molecule has 0 aliphatic carbocycles. The Morgan fingerprint density at radius 2 is 2.37 bits per heavy atom. The number of nitrogens with zero attached hydrogens (tertiary/aromatic N) is 1. The number of halogens is 1. The third kappa shape index (κ3) is 3.09. The fourth-order valence-electron chi connectivity index (χ4n) is 2.03. The number of nitrogens with one attached hydrogen (secondary N) is 1. The number of hydrogen-bond acceptors (Lipinski definition) is 3. The zero-order chi connectivity index (χ0) is 14.0. The maximum absolute atomic E-state index is 12.0. The summed E-state index contributed by atoms with van der Waals surface area (Å²) in [4.78, 5) is 25.7. The largest absolute Gasteiger partial charge is 0.481 e. The molecular formula is C12H15BrN2O3S. The Balaban J connectivity index is 1.89. The van der Waals surface area contributed by atoms with Gasteiger partial charge in [-0.2, -0.15) is 0 Å². The first kappa shape index (κ1) is 14.3. The van der Waals surface area contributed by atoms with Gasteiger partial charge in [-0.3, -0.25) is 4.79 Å². The van der Waals surface area contributed by atoms with Crippen LogP contribution >= 0.6 is 27.3 Å². The second kappa shape index (κ2) is 5.50. The molecule has 2 rings (SSSR count). The highest BCUT2D eigenvalue weighted by atomic mass is 79.9. The van der Waals surface area contributed by atoms with E-state index in [1.807, 2.05) is 11.4 Å². The average Bonchev–Trinajstić information content (AvgIpc) is 2.94. The van der Waals surface area contributed by atoms with Gasteiger partial charge >= 0.3 is 12.0 Å². The monoisotopic (exact) mass is 346 g/mol. The Bertz CT molecular complexity index is 505. The zero-order valence-electron chi connectivity index (χ0n) is 10.5. The van der Waals surface area contributed by atoms with E-state index in [4.69, 9.17) is 5.11 Å². The maximum Gasteiger partial charge on any atom is 0.317 e. The molecule has 1 aromatic heterocycles. The van der Waals surface area contributed by atoms with Crippen molar-refractivity contribution in [3.05, 3.63) is 20.8 Å². The normalized spacial score (nSPS) is 22.5. The number of rotatable bonds is 3. The maximum atomic E-state index is 12.0. The lowest BCUT2D eigenvalue weighted by Gasteiger charge is -2.20. The second-order valence-corrected chi connectivity index (χ2v) is 6.74. The van der Waals surface area contributed by atoms with Crippen molar-refractivity contribution < 1.29 is 14.7 Å². The molecule has 19 heavy (non-hydrogen) atoms. The highest BCUT2D eigenvalue weighted by Gasteiger charge is 2.42. The Morgan fingerprint density at radius 3 is 2.89 bits per heavy atom. The lowest BCUT2D eigenvalue weighted by Crippen LogP contribution is -2.40. The molecule has 0 bridgehead atoms. The van der Waals surface area contributed by atoms with Crippen LogP contribution in [0.4, 0.5) is 4.79 Å². The van der Waals surface area contributed by atoms with E-state index in [-0.39, 0.29) is 12.6 Å². The first-order valence-electron chi connectivity index (χ1n) is 5.90. The van der Waals surface area contributed by atoms with Crippen LogP contribution in [-0.2, 0) is 11.3 Å². The molecule has 7 heteroatoms. The van der Waals surface area contributed by atoms with Crippen LogP contribution in [0.3, 0.4) is 0 Å². The van der Waals surface area contributed by atoms with E-state index in [0.717, 1.165) is 9.35 Å². The minimum absolute atomic E-state index is 0.203. The molecule has 2 amide bonds. The summed E-state index contributed by atoms with van der Waals surface area (Å²) in [6, 6.07) is 1.73. The third-order valence-corrected chi connectivity index (χ3v) is 5.29. The lowest BCUT2D eigenvalue weighted by atomic mass is 9.90. The van der Waals surface area contributed by atoms with Crippen LogP contribution in [0.5, 0.6) is 0 Å². The van der Waals surface area contributed by atoms with Crippen LogP contribution in [-0.4, -0.2) is 35.1 Å². The van der Waals surface area contributed by atoms with Crippen LogP contribution in [0, 0.1) is 5.41 Å². The van der Waals surface area contributed by atoms with Crippen molar-refractivity contribution in [2.75, 3.05) is 13.1 Å². The van der Waals surface area contributed by atoms with E-state index in [1.165, 1.54) is 0 Å². The number of likely N-dealkylation sites (tertiary alicyclic amines) is 1.